The zero-order valence-electron chi connectivity index (χ0n) is 15.2. The van der Waals surface area contributed by atoms with Crippen LogP contribution >= 0.6 is 0 Å². The van der Waals surface area contributed by atoms with E-state index in [9.17, 15) is 4.79 Å². The molecule has 0 fully saturated rings. The van der Waals surface area contributed by atoms with Gasteiger partial charge in [0.05, 0.1) is 13.2 Å². The molecule has 0 radical (unpaired) electrons. The largest absolute Gasteiger partial charge is 0.383 e. The van der Waals surface area contributed by atoms with Crippen LogP contribution in [0.25, 0.3) is 0 Å². The van der Waals surface area contributed by atoms with Gasteiger partial charge in [0.15, 0.2) is 5.69 Å². The Morgan fingerprint density at radius 3 is 2.30 bits per heavy atom. The number of rotatable bonds is 8. The van der Waals surface area contributed by atoms with Crippen molar-refractivity contribution in [1.29, 1.82) is 0 Å². The number of hydrogen-bond donors (Lipinski definition) is 1. The fourth-order valence-corrected chi connectivity index (χ4v) is 2.61. The molecule has 1 heterocycles. The van der Waals surface area contributed by atoms with Crippen LogP contribution in [0.4, 0.5) is 11.5 Å². The number of amides is 1. The van der Waals surface area contributed by atoms with Gasteiger partial charge >= 0.3 is 0 Å². The van der Waals surface area contributed by atoms with Crippen LogP contribution in [0.2, 0.25) is 0 Å². The maximum absolute atomic E-state index is 13.1. The van der Waals surface area contributed by atoms with E-state index in [1.807, 2.05) is 60.7 Å². The van der Waals surface area contributed by atoms with Gasteiger partial charge in [-0.2, -0.15) is 0 Å². The van der Waals surface area contributed by atoms with E-state index in [0.717, 1.165) is 11.3 Å². The Hall–Kier alpha value is -3.25. The van der Waals surface area contributed by atoms with Crippen molar-refractivity contribution >= 4 is 17.4 Å². The Labute approximate surface area is 158 Å². The molecule has 0 aliphatic heterocycles. The molecule has 0 unspecified atom stereocenters. The van der Waals surface area contributed by atoms with Gasteiger partial charge in [0.2, 0.25) is 0 Å². The summed E-state index contributed by atoms with van der Waals surface area (Å²) in [6.07, 6.45) is 0. The number of carbonyl (C=O) groups is 1. The second-order valence-electron chi connectivity index (χ2n) is 5.94. The molecule has 0 saturated heterocycles. The molecular weight excluding hydrogens is 340 g/mol. The molecule has 0 atom stereocenters. The first-order valence-corrected chi connectivity index (χ1v) is 8.75. The van der Waals surface area contributed by atoms with E-state index in [4.69, 9.17) is 4.74 Å². The second-order valence-corrected chi connectivity index (χ2v) is 5.94. The highest BCUT2D eigenvalue weighted by Gasteiger charge is 2.19. The van der Waals surface area contributed by atoms with Crippen LogP contribution in [0.1, 0.15) is 16.1 Å². The van der Waals surface area contributed by atoms with Gasteiger partial charge in [0.25, 0.3) is 5.91 Å². The molecule has 3 aromatic rings. The van der Waals surface area contributed by atoms with Gasteiger partial charge in [-0.15, -0.1) is 10.2 Å². The smallest absolute Gasteiger partial charge is 0.279 e. The molecule has 6 nitrogen and oxygen atoms in total. The predicted molar refractivity (Wildman–Crippen MR) is 106 cm³/mol. The highest BCUT2D eigenvalue weighted by atomic mass is 16.5. The molecule has 0 bridgehead atoms. The average molecular weight is 362 g/mol. The summed E-state index contributed by atoms with van der Waals surface area (Å²) in [5, 5.41) is 11.3. The molecule has 1 N–H and O–H groups in total. The van der Waals surface area contributed by atoms with Crippen LogP contribution in [0, 0.1) is 0 Å². The molecule has 3 rings (SSSR count). The van der Waals surface area contributed by atoms with Gasteiger partial charge in [-0.05, 0) is 29.8 Å². The van der Waals surface area contributed by atoms with E-state index in [1.165, 1.54) is 0 Å². The van der Waals surface area contributed by atoms with Crippen LogP contribution in [-0.4, -0.2) is 36.4 Å². The van der Waals surface area contributed by atoms with Gasteiger partial charge in [-0.1, -0.05) is 48.5 Å². The highest BCUT2D eigenvalue weighted by molar-refractivity contribution is 6.04. The maximum atomic E-state index is 13.1. The Kier molecular flexibility index (Phi) is 6.49. The van der Waals surface area contributed by atoms with Gasteiger partial charge in [0, 0.05) is 19.3 Å². The van der Waals surface area contributed by atoms with E-state index in [0.29, 0.717) is 31.2 Å². The number of ether oxygens (including phenoxy) is 1. The van der Waals surface area contributed by atoms with E-state index < -0.39 is 0 Å². The predicted octanol–water partition coefficient (Wildman–Crippen LogP) is 3.38. The molecule has 1 aromatic heterocycles. The minimum absolute atomic E-state index is 0.194. The first-order chi connectivity index (χ1) is 13.3. The lowest BCUT2D eigenvalue weighted by molar-refractivity contribution is 0.0979. The van der Waals surface area contributed by atoms with Crippen LogP contribution < -0.4 is 10.2 Å². The van der Waals surface area contributed by atoms with E-state index >= 15 is 0 Å². The third kappa shape index (κ3) is 5.12. The SMILES string of the molecule is COCCNc1ccc(C(=O)N(Cc2ccccc2)c2ccccc2)nn1. The molecule has 6 heteroatoms. The van der Waals surface area contributed by atoms with E-state index in [-0.39, 0.29) is 5.91 Å². The van der Waals surface area contributed by atoms with Gasteiger partial charge < -0.3 is 15.0 Å². The zero-order chi connectivity index (χ0) is 18.9. The van der Waals surface area contributed by atoms with Crippen LogP contribution in [0.3, 0.4) is 0 Å². The number of benzene rings is 2. The quantitative estimate of drug-likeness (QED) is 0.622. The first-order valence-electron chi connectivity index (χ1n) is 8.75. The molecule has 2 aromatic carbocycles. The van der Waals surface area contributed by atoms with Crippen molar-refractivity contribution in [2.45, 2.75) is 6.54 Å². The van der Waals surface area contributed by atoms with Gasteiger partial charge in [-0.25, -0.2) is 0 Å². The normalized spacial score (nSPS) is 10.4. The minimum Gasteiger partial charge on any atom is -0.383 e. The zero-order valence-corrected chi connectivity index (χ0v) is 15.2. The number of para-hydroxylation sites is 1. The summed E-state index contributed by atoms with van der Waals surface area (Å²) in [4.78, 5) is 14.8. The number of aromatic nitrogens is 2. The molecule has 138 valence electrons. The van der Waals surface area contributed by atoms with Gasteiger partial charge in [0.1, 0.15) is 5.82 Å². The van der Waals surface area contributed by atoms with Crippen LogP contribution in [-0.2, 0) is 11.3 Å². The number of nitrogens with one attached hydrogen (secondary N) is 1. The summed E-state index contributed by atoms with van der Waals surface area (Å²) >= 11 is 0. The lowest BCUT2D eigenvalue weighted by Gasteiger charge is -2.22. The summed E-state index contributed by atoms with van der Waals surface area (Å²) < 4.78 is 4.99. The van der Waals surface area contributed by atoms with Crippen molar-refractivity contribution in [3.63, 3.8) is 0 Å². The van der Waals surface area contributed by atoms with Crippen molar-refractivity contribution in [3.05, 3.63) is 84.1 Å². The molecule has 0 saturated carbocycles. The Bertz CT molecular complexity index is 839. The van der Waals surface area contributed by atoms with Crippen molar-refractivity contribution in [2.24, 2.45) is 0 Å². The minimum atomic E-state index is -0.194. The van der Waals surface area contributed by atoms with E-state index in [2.05, 4.69) is 15.5 Å². The lowest BCUT2D eigenvalue weighted by atomic mass is 10.2. The summed E-state index contributed by atoms with van der Waals surface area (Å²) in [6.45, 7) is 1.66. The topological polar surface area (TPSA) is 67.3 Å². The van der Waals surface area contributed by atoms with Crippen molar-refractivity contribution in [2.75, 3.05) is 30.5 Å². The summed E-state index contributed by atoms with van der Waals surface area (Å²) in [7, 11) is 1.64. The number of anilines is 2. The third-order valence-corrected chi connectivity index (χ3v) is 3.99. The fourth-order valence-electron chi connectivity index (χ4n) is 2.61. The third-order valence-electron chi connectivity index (χ3n) is 3.99. The fraction of sp³-hybridized carbons (Fsp3) is 0.190. The number of methoxy groups -OCH3 is 1. The maximum Gasteiger partial charge on any atom is 0.279 e. The van der Waals surface area contributed by atoms with Crippen molar-refractivity contribution < 1.29 is 9.53 Å². The average Bonchev–Trinajstić information content (AvgIpc) is 2.74. The highest BCUT2D eigenvalue weighted by Crippen LogP contribution is 2.19. The summed E-state index contributed by atoms with van der Waals surface area (Å²) in [5.41, 5.74) is 2.16. The van der Waals surface area contributed by atoms with Crippen LogP contribution in [0.15, 0.2) is 72.8 Å². The molecule has 0 aliphatic carbocycles. The number of carbonyl (C=O) groups excluding carboxylic acids is 1. The second kappa shape index (κ2) is 9.45. The Morgan fingerprint density at radius 2 is 1.67 bits per heavy atom. The first kappa shape index (κ1) is 18.5. The molecule has 0 aliphatic rings. The number of nitrogens with zero attached hydrogens (tertiary/aromatic N) is 3. The van der Waals surface area contributed by atoms with Crippen molar-refractivity contribution in [3.8, 4) is 0 Å². The Balaban J connectivity index is 1.80. The summed E-state index contributed by atoms with van der Waals surface area (Å²) in [6, 6.07) is 22.9. The van der Waals surface area contributed by atoms with Gasteiger partial charge in [-0.3, -0.25) is 4.79 Å². The van der Waals surface area contributed by atoms with E-state index in [1.54, 1.807) is 24.1 Å². The lowest BCUT2D eigenvalue weighted by Crippen LogP contribution is -2.31. The Morgan fingerprint density at radius 1 is 0.963 bits per heavy atom. The molecule has 0 spiro atoms. The molecule has 27 heavy (non-hydrogen) atoms. The number of hydrogen-bond acceptors (Lipinski definition) is 5. The van der Waals surface area contributed by atoms with Crippen molar-refractivity contribution in [1.82, 2.24) is 10.2 Å². The monoisotopic (exact) mass is 362 g/mol. The molecule has 1 amide bonds. The summed E-state index contributed by atoms with van der Waals surface area (Å²) in [5.74, 6) is 0.416. The standard InChI is InChI=1S/C21H22N4O2/c1-27-15-14-22-20-13-12-19(23-24-20)21(26)25(18-10-6-3-7-11-18)16-17-8-4-2-5-9-17/h2-13H,14-16H2,1H3,(H,22,24). The molecular formula is C21H22N4O2. The van der Waals surface area contributed by atoms with Crippen LogP contribution in [0.5, 0.6) is 0 Å².